The van der Waals surface area contributed by atoms with Crippen LogP contribution in [0.3, 0.4) is 0 Å². The van der Waals surface area contributed by atoms with Gasteiger partial charge in [0.25, 0.3) is 0 Å². The van der Waals surface area contributed by atoms with Crippen LogP contribution in [0.5, 0.6) is 0 Å². The molecule has 0 heterocycles. The summed E-state index contributed by atoms with van der Waals surface area (Å²) in [5, 5.41) is 0. The maximum absolute atomic E-state index is 12.4. The van der Waals surface area contributed by atoms with Crippen LogP contribution in [0.4, 0.5) is 13.2 Å². The standard InChI is InChI=1S/C14H15F3O/c15-14(16,17)12-7-5-10(6-8-12)11-3-1-2-4-13(18)9-11/h5-8,11H,1-4,9H2/t11-/m0/s1. The average Bonchev–Trinajstić information content (AvgIpc) is 2.53. The van der Waals surface area contributed by atoms with Gasteiger partial charge in [-0.05, 0) is 36.5 Å². The molecule has 1 atom stereocenters. The fraction of sp³-hybridized carbons (Fsp3) is 0.500. The number of carbonyl (C=O) groups excluding carboxylic acids is 1. The van der Waals surface area contributed by atoms with Gasteiger partial charge in [-0.15, -0.1) is 0 Å². The predicted octanol–water partition coefficient (Wildman–Crippen LogP) is 4.32. The SMILES string of the molecule is O=C1CCCC[C@H](c2ccc(C(F)(F)F)cc2)C1. The van der Waals surface area contributed by atoms with Crippen molar-refractivity contribution in [3.63, 3.8) is 0 Å². The van der Waals surface area contributed by atoms with Crippen molar-refractivity contribution in [2.75, 3.05) is 0 Å². The van der Waals surface area contributed by atoms with Crippen LogP contribution in [0.25, 0.3) is 0 Å². The zero-order chi connectivity index (χ0) is 13.2. The summed E-state index contributed by atoms with van der Waals surface area (Å²) in [6.07, 6.45) is -0.467. The highest BCUT2D eigenvalue weighted by Gasteiger charge is 2.30. The first-order chi connectivity index (χ1) is 8.47. The highest BCUT2D eigenvalue weighted by Crippen LogP contribution is 2.33. The van der Waals surface area contributed by atoms with E-state index >= 15 is 0 Å². The van der Waals surface area contributed by atoms with Crippen LogP contribution in [-0.4, -0.2) is 5.78 Å². The van der Waals surface area contributed by atoms with E-state index in [-0.39, 0.29) is 11.7 Å². The van der Waals surface area contributed by atoms with E-state index < -0.39 is 11.7 Å². The zero-order valence-corrected chi connectivity index (χ0v) is 9.96. The molecule has 2 rings (SSSR count). The third-order valence-corrected chi connectivity index (χ3v) is 3.44. The van der Waals surface area contributed by atoms with Crippen molar-refractivity contribution in [1.29, 1.82) is 0 Å². The molecule has 0 saturated heterocycles. The van der Waals surface area contributed by atoms with Gasteiger partial charge in [0.1, 0.15) is 5.78 Å². The number of carbonyl (C=O) groups is 1. The summed E-state index contributed by atoms with van der Waals surface area (Å²) in [6, 6.07) is 5.22. The lowest BCUT2D eigenvalue weighted by molar-refractivity contribution is -0.137. The third-order valence-electron chi connectivity index (χ3n) is 3.44. The summed E-state index contributed by atoms with van der Waals surface area (Å²) in [5.41, 5.74) is 0.212. The summed E-state index contributed by atoms with van der Waals surface area (Å²) in [4.78, 5) is 11.5. The van der Waals surface area contributed by atoms with Gasteiger partial charge >= 0.3 is 6.18 Å². The molecule has 18 heavy (non-hydrogen) atoms. The number of alkyl halides is 3. The molecule has 0 N–H and O–H groups in total. The quantitative estimate of drug-likeness (QED) is 0.684. The third kappa shape index (κ3) is 3.12. The lowest BCUT2D eigenvalue weighted by Gasteiger charge is -2.15. The normalized spacial score (nSPS) is 21.7. The number of rotatable bonds is 1. The number of ketones is 1. The van der Waals surface area contributed by atoms with Crippen LogP contribution in [0.15, 0.2) is 24.3 Å². The Morgan fingerprint density at radius 2 is 1.72 bits per heavy atom. The molecule has 4 heteroatoms. The molecule has 0 amide bonds. The van der Waals surface area contributed by atoms with Gasteiger partial charge in [0, 0.05) is 12.8 Å². The Labute approximate surface area is 104 Å². The smallest absolute Gasteiger partial charge is 0.300 e. The minimum absolute atomic E-state index is 0.0854. The Kier molecular flexibility index (Phi) is 3.73. The van der Waals surface area contributed by atoms with Gasteiger partial charge in [0.15, 0.2) is 0 Å². The lowest BCUT2D eigenvalue weighted by atomic mass is 9.91. The molecule has 1 aliphatic carbocycles. The Balaban J connectivity index is 2.16. The van der Waals surface area contributed by atoms with Crippen LogP contribution in [0.2, 0.25) is 0 Å². The zero-order valence-electron chi connectivity index (χ0n) is 9.96. The summed E-state index contributed by atoms with van der Waals surface area (Å²) >= 11 is 0. The minimum Gasteiger partial charge on any atom is -0.300 e. The summed E-state index contributed by atoms with van der Waals surface area (Å²) in [6.45, 7) is 0. The van der Waals surface area contributed by atoms with Crippen molar-refractivity contribution in [2.24, 2.45) is 0 Å². The van der Waals surface area contributed by atoms with E-state index in [1.54, 1.807) is 0 Å². The van der Waals surface area contributed by atoms with E-state index in [0.717, 1.165) is 37.0 Å². The maximum Gasteiger partial charge on any atom is 0.416 e. The summed E-state index contributed by atoms with van der Waals surface area (Å²) < 4.78 is 37.3. The van der Waals surface area contributed by atoms with Gasteiger partial charge in [-0.1, -0.05) is 18.6 Å². The number of halogens is 3. The molecule has 0 radical (unpaired) electrons. The molecule has 1 saturated carbocycles. The molecule has 1 fully saturated rings. The Bertz CT molecular complexity index is 420. The van der Waals surface area contributed by atoms with Gasteiger partial charge in [-0.3, -0.25) is 4.79 Å². The highest BCUT2D eigenvalue weighted by molar-refractivity contribution is 5.79. The van der Waals surface area contributed by atoms with Crippen LogP contribution >= 0.6 is 0 Å². The van der Waals surface area contributed by atoms with Crippen molar-refractivity contribution in [1.82, 2.24) is 0 Å². The minimum atomic E-state index is -4.29. The van der Waals surface area contributed by atoms with Gasteiger partial charge in [0.2, 0.25) is 0 Å². The second kappa shape index (κ2) is 5.12. The topological polar surface area (TPSA) is 17.1 Å². The molecule has 98 valence electrons. The number of benzene rings is 1. The molecule has 0 unspecified atom stereocenters. The van der Waals surface area contributed by atoms with Crippen molar-refractivity contribution >= 4 is 5.78 Å². The fourth-order valence-corrected chi connectivity index (χ4v) is 2.42. The van der Waals surface area contributed by atoms with Crippen molar-refractivity contribution in [3.8, 4) is 0 Å². The molecular formula is C14H15F3O. The second-order valence-electron chi connectivity index (χ2n) is 4.81. The van der Waals surface area contributed by atoms with Crippen LogP contribution < -0.4 is 0 Å². The first-order valence-electron chi connectivity index (χ1n) is 6.15. The highest BCUT2D eigenvalue weighted by atomic mass is 19.4. The monoisotopic (exact) mass is 256 g/mol. The van der Waals surface area contributed by atoms with Gasteiger partial charge in [-0.2, -0.15) is 13.2 Å². The van der Waals surface area contributed by atoms with Crippen LogP contribution in [-0.2, 0) is 11.0 Å². The van der Waals surface area contributed by atoms with E-state index in [4.69, 9.17) is 0 Å². The molecule has 0 bridgehead atoms. The van der Waals surface area contributed by atoms with Crippen LogP contribution in [0.1, 0.15) is 49.1 Å². The second-order valence-corrected chi connectivity index (χ2v) is 4.81. The number of hydrogen-bond acceptors (Lipinski definition) is 1. The van der Waals surface area contributed by atoms with Gasteiger partial charge in [0.05, 0.1) is 5.56 Å². The largest absolute Gasteiger partial charge is 0.416 e. The molecule has 0 spiro atoms. The number of hydrogen-bond donors (Lipinski definition) is 0. The molecule has 1 nitrogen and oxygen atoms in total. The number of Topliss-reactive ketones (excluding diaryl/α,β-unsaturated/α-hetero) is 1. The van der Waals surface area contributed by atoms with E-state index in [1.165, 1.54) is 12.1 Å². The average molecular weight is 256 g/mol. The molecule has 1 aromatic rings. The molecule has 0 aromatic heterocycles. The van der Waals surface area contributed by atoms with Gasteiger partial charge in [-0.25, -0.2) is 0 Å². The molecule has 0 aliphatic heterocycles. The van der Waals surface area contributed by atoms with Crippen molar-refractivity contribution in [2.45, 2.75) is 44.2 Å². The van der Waals surface area contributed by atoms with E-state index in [9.17, 15) is 18.0 Å². The van der Waals surface area contributed by atoms with E-state index in [0.29, 0.717) is 12.8 Å². The Hall–Kier alpha value is -1.32. The van der Waals surface area contributed by atoms with Crippen molar-refractivity contribution in [3.05, 3.63) is 35.4 Å². The summed E-state index contributed by atoms with van der Waals surface area (Å²) in [7, 11) is 0. The lowest BCUT2D eigenvalue weighted by Crippen LogP contribution is -2.07. The van der Waals surface area contributed by atoms with Crippen molar-refractivity contribution < 1.29 is 18.0 Å². The Morgan fingerprint density at radius 1 is 1.06 bits per heavy atom. The fourth-order valence-electron chi connectivity index (χ4n) is 2.42. The van der Waals surface area contributed by atoms with Crippen LogP contribution in [0, 0.1) is 0 Å². The maximum atomic E-state index is 12.4. The molecular weight excluding hydrogens is 241 g/mol. The molecule has 1 aliphatic rings. The van der Waals surface area contributed by atoms with E-state index in [1.807, 2.05) is 0 Å². The summed E-state index contributed by atoms with van der Waals surface area (Å²) in [5.74, 6) is 0.305. The Morgan fingerprint density at radius 3 is 2.33 bits per heavy atom. The molecule has 1 aromatic carbocycles. The predicted molar refractivity (Wildman–Crippen MR) is 62.3 cm³/mol. The van der Waals surface area contributed by atoms with Gasteiger partial charge < -0.3 is 0 Å². The van der Waals surface area contributed by atoms with E-state index in [2.05, 4.69) is 0 Å². The first-order valence-corrected chi connectivity index (χ1v) is 6.15. The first kappa shape index (κ1) is 13.1.